The molecule has 1 heterocycles. The summed E-state index contributed by atoms with van der Waals surface area (Å²) in [6.45, 7) is 6.34. The lowest BCUT2D eigenvalue weighted by Crippen LogP contribution is -2.51. The largest absolute Gasteiger partial charge is 0.492 e. The molecule has 9 heteroatoms. The first-order valence-corrected chi connectivity index (χ1v) is 11.7. The number of carbonyl (C=O) groups excluding carboxylic acids is 1. The zero-order valence-corrected chi connectivity index (χ0v) is 18.8. The highest BCUT2D eigenvalue weighted by Crippen LogP contribution is 2.38. The van der Waals surface area contributed by atoms with Gasteiger partial charge in [-0.15, -0.1) is 0 Å². The maximum atomic E-state index is 12.9. The standard InChI is InChI=1S/C22H27FN2O5S/c1-22(2,3)15-5-10-19-18(13-15)25(31(4,27)28)14-20(30-19)21(26)24-11-12-29-17-8-6-16(23)7-9-17/h5-10,13,20H,11-12,14H2,1-4H3,(H,24,26)/t20-/m1/s1. The molecule has 31 heavy (non-hydrogen) atoms. The van der Waals surface area contributed by atoms with E-state index in [0.717, 1.165) is 11.8 Å². The summed E-state index contributed by atoms with van der Waals surface area (Å²) in [5, 5.41) is 2.69. The fourth-order valence-corrected chi connectivity index (χ4v) is 4.06. The first-order valence-electron chi connectivity index (χ1n) is 9.90. The van der Waals surface area contributed by atoms with E-state index in [0.29, 0.717) is 17.2 Å². The molecule has 7 nitrogen and oxygen atoms in total. The van der Waals surface area contributed by atoms with E-state index >= 15 is 0 Å². The highest BCUT2D eigenvalue weighted by Gasteiger charge is 2.35. The van der Waals surface area contributed by atoms with Gasteiger partial charge in [0.15, 0.2) is 6.10 Å². The maximum Gasteiger partial charge on any atom is 0.263 e. The fraction of sp³-hybridized carbons (Fsp3) is 0.409. The van der Waals surface area contributed by atoms with Crippen LogP contribution < -0.4 is 19.1 Å². The molecule has 0 aliphatic carbocycles. The molecule has 0 saturated heterocycles. The maximum absolute atomic E-state index is 12.9. The Hall–Kier alpha value is -2.81. The smallest absolute Gasteiger partial charge is 0.263 e. The Morgan fingerprint density at radius 2 is 1.90 bits per heavy atom. The zero-order valence-electron chi connectivity index (χ0n) is 18.0. The lowest BCUT2D eigenvalue weighted by molar-refractivity contribution is -0.127. The molecule has 1 N–H and O–H groups in total. The Labute approximate surface area is 182 Å². The molecule has 168 valence electrons. The minimum atomic E-state index is -3.61. The summed E-state index contributed by atoms with van der Waals surface area (Å²) in [6, 6.07) is 10.9. The van der Waals surface area contributed by atoms with Crippen LogP contribution in [0.15, 0.2) is 42.5 Å². The number of amides is 1. The Bertz CT molecular complexity index is 1050. The molecule has 0 radical (unpaired) electrons. The summed E-state index contributed by atoms with van der Waals surface area (Å²) >= 11 is 0. The number of ether oxygens (including phenoxy) is 2. The van der Waals surface area contributed by atoms with E-state index in [1.807, 2.05) is 26.8 Å². The molecule has 0 unspecified atom stereocenters. The second-order valence-corrected chi connectivity index (χ2v) is 10.3. The van der Waals surface area contributed by atoms with E-state index in [-0.39, 0.29) is 30.9 Å². The van der Waals surface area contributed by atoms with Crippen LogP contribution in [0.5, 0.6) is 11.5 Å². The van der Waals surface area contributed by atoms with E-state index in [1.54, 1.807) is 12.1 Å². The molecule has 0 saturated carbocycles. The van der Waals surface area contributed by atoms with Gasteiger partial charge >= 0.3 is 0 Å². The molecule has 1 atom stereocenters. The van der Waals surface area contributed by atoms with Gasteiger partial charge in [-0.25, -0.2) is 12.8 Å². The Kier molecular flexibility index (Phi) is 6.45. The molecule has 0 fully saturated rings. The van der Waals surface area contributed by atoms with Crippen LogP contribution in [-0.2, 0) is 20.2 Å². The van der Waals surface area contributed by atoms with Crippen molar-refractivity contribution in [3.63, 3.8) is 0 Å². The topological polar surface area (TPSA) is 84.9 Å². The van der Waals surface area contributed by atoms with E-state index in [2.05, 4.69) is 5.32 Å². The van der Waals surface area contributed by atoms with Gasteiger partial charge < -0.3 is 14.8 Å². The van der Waals surface area contributed by atoms with Gasteiger partial charge in [0.25, 0.3) is 5.91 Å². The normalized spacial score (nSPS) is 16.3. The minimum absolute atomic E-state index is 0.121. The van der Waals surface area contributed by atoms with Crippen molar-refractivity contribution < 1.29 is 27.1 Å². The lowest BCUT2D eigenvalue weighted by Gasteiger charge is -2.35. The third-order valence-electron chi connectivity index (χ3n) is 4.87. The third kappa shape index (κ3) is 5.66. The van der Waals surface area contributed by atoms with Crippen LogP contribution in [0.1, 0.15) is 26.3 Å². The molecule has 0 aromatic heterocycles. The average Bonchev–Trinajstić information content (AvgIpc) is 2.69. The van der Waals surface area contributed by atoms with Crippen molar-refractivity contribution in [1.82, 2.24) is 5.32 Å². The van der Waals surface area contributed by atoms with E-state index < -0.39 is 22.0 Å². The van der Waals surface area contributed by atoms with Crippen LogP contribution in [0.2, 0.25) is 0 Å². The summed E-state index contributed by atoms with van der Waals surface area (Å²) in [6.07, 6.45) is 0.116. The van der Waals surface area contributed by atoms with Crippen molar-refractivity contribution in [2.24, 2.45) is 0 Å². The van der Waals surface area contributed by atoms with Gasteiger partial charge in [0.1, 0.15) is 23.9 Å². The molecule has 3 rings (SSSR count). The Morgan fingerprint density at radius 3 is 2.52 bits per heavy atom. The molecule has 1 aliphatic heterocycles. The van der Waals surface area contributed by atoms with Gasteiger partial charge in [-0.2, -0.15) is 0 Å². The highest BCUT2D eigenvalue weighted by molar-refractivity contribution is 7.92. The van der Waals surface area contributed by atoms with Gasteiger partial charge in [0.2, 0.25) is 10.0 Å². The predicted octanol–water partition coefficient (Wildman–Crippen LogP) is 2.85. The number of carbonyl (C=O) groups is 1. The lowest BCUT2D eigenvalue weighted by atomic mass is 9.86. The monoisotopic (exact) mass is 450 g/mol. The first-order chi connectivity index (χ1) is 14.4. The number of hydrogen-bond donors (Lipinski definition) is 1. The number of nitrogens with one attached hydrogen (secondary N) is 1. The number of sulfonamides is 1. The molecule has 1 aliphatic rings. The van der Waals surface area contributed by atoms with Crippen LogP contribution in [0, 0.1) is 5.82 Å². The second-order valence-electron chi connectivity index (χ2n) is 8.43. The van der Waals surface area contributed by atoms with Crippen LogP contribution in [0.3, 0.4) is 0 Å². The molecule has 2 aromatic rings. The van der Waals surface area contributed by atoms with Crippen LogP contribution in [-0.4, -0.2) is 46.4 Å². The van der Waals surface area contributed by atoms with Gasteiger partial charge in [-0.1, -0.05) is 26.8 Å². The summed E-state index contributed by atoms with van der Waals surface area (Å²) < 4.78 is 50.2. The molecule has 0 bridgehead atoms. The summed E-state index contributed by atoms with van der Waals surface area (Å²) in [5.41, 5.74) is 1.22. The fourth-order valence-electron chi connectivity index (χ4n) is 3.16. The molecule has 0 spiro atoms. The van der Waals surface area contributed by atoms with Crippen molar-refractivity contribution in [3.8, 4) is 11.5 Å². The van der Waals surface area contributed by atoms with Gasteiger partial charge in [0.05, 0.1) is 25.0 Å². The highest BCUT2D eigenvalue weighted by atomic mass is 32.2. The first kappa shape index (κ1) is 22.9. The summed E-state index contributed by atoms with van der Waals surface area (Å²) in [4.78, 5) is 12.6. The minimum Gasteiger partial charge on any atom is -0.492 e. The van der Waals surface area contributed by atoms with E-state index in [4.69, 9.17) is 9.47 Å². The third-order valence-corrected chi connectivity index (χ3v) is 6.02. The number of benzene rings is 2. The average molecular weight is 451 g/mol. The predicted molar refractivity (Wildman–Crippen MR) is 117 cm³/mol. The Morgan fingerprint density at radius 1 is 1.23 bits per heavy atom. The van der Waals surface area contributed by atoms with Crippen LogP contribution >= 0.6 is 0 Å². The van der Waals surface area contributed by atoms with Crippen molar-refractivity contribution in [3.05, 3.63) is 53.8 Å². The molecular formula is C22H27FN2O5S. The molecular weight excluding hydrogens is 423 g/mol. The number of halogens is 1. The second kappa shape index (κ2) is 8.74. The van der Waals surface area contributed by atoms with Crippen molar-refractivity contribution in [2.45, 2.75) is 32.3 Å². The van der Waals surface area contributed by atoms with Crippen molar-refractivity contribution in [1.29, 1.82) is 0 Å². The van der Waals surface area contributed by atoms with Crippen LogP contribution in [0.4, 0.5) is 10.1 Å². The van der Waals surface area contributed by atoms with Gasteiger partial charge in [-0.05, 0) is 47.4 Å². The van der Waals surface area contributed by atoms with Crippen molar-refractivity contribution in [2.75, 3.05) is 30.3 Å². The van der Waals surface area contributed by atoms with E-state index in [9.17, 15) is 17.6 Å². The Balaban J connectivity index is 1.67. The van der Waals surface area contributed by atoms with E-state index in [1.165, 1.54) is 28.6 Å². The van der Waals surface area contributed by atoms with Crippen LogP contribution in [0.25, 0.3) is 0 Å². The number of fused-ring (bicyclic) bond motifs is 1. The number of nitrogens with zero attached hydrogens (tertiary/aromatic N) is 1. The summed E-state index contributed by atoms with van der Waals surface area (Å²) in [5.74, 6) is 0.0196. The number of anilines is 1. The molecule has 1 amide bonds. The van der Waals surface area contributed by atoms with Gasteiger partial charge in [-0.3, -0.25) is 9.10 Å². The summed E-state index contributed by atoms with van der Waals surface area (Å²) in [7, 11) is -3.61. The SMILES string of the molecule is CC(C)(C)c1ccc2c(c1)N(S(C)(=O)=O)C[C@H](C(=O)NCCOc1ccc(F)cc1)O2. The molecule has 2 aromatic carbocycles. The zero-order chi connectivity index (χ0) is 22.8. The number of rotatable bonds is 6. The quantitative estimate of drug-likeness (QED) is 0.684. The van der Waals surface area contributed by atoms with Gasteiger partial charge in [0, 0.05) is 0 Å². The number of hydrogen-bond acceptors (Lipinski definition) is 5. The van der Waals surface area contributed by atoms with Crippen molar-refractivity contribution >= 4 is 21.6 Å².